The van der Waals surface area contributed by atoms with Crippen LogP contribution in [0.1, 0.15) is 69.3 Å². The topological polar surface area (TPSA) is 133 Å². The number of para-hydroxylation sites is 1. The van der Waals surface area contributed by atoms with Crippen LogP contribution in [0.5, 0.6) is 0 Å². The first-order chi connectivity index (χ1) is 16.4. The van der Waals surface area contributed by atoms with Crippen molar-refractivity contribution < 1.29 is 24.2 Å². The van der Waals surface area contributed by atoms with E-state index in [0.29, 0.717) is 12.1 Å². The summed E-state index contributed by atoms with van der Waals surface area (Å²) in [4.78, 5) is 48.2. The van der Waals surface area contributed by atoms with Crippen molar-refractivity contribution in [1.29, 1.82) is 0 Å². The molecule has 0 unspecified atom stereocenters. The Hall–Kier alpha value is -3.82. The molecule has 0 saturated carbocycles. The predicted octanol–water partition coefficient (Wildman–Crippen LogP) is 5.61. The third-order valence-corrected chi connectivity index (χ3v) is 5.15. The highest BCUT2D eigenvalue weighted by Gasteiger charge is 2.29. The minimum absolute atomic E-state index is 0.0245. The van der Waals surface area contributed by atoms with Crippen LogP contribution in [0.2, 0.25) is 0 Å². The summed E-state index contributed by atoms with van der Waals surface area (Å²) in [6.07, 6.45) is 3.55. The number of carbonyl (C=O) groups is 2. The van der Waals surface area contributed by atoms with Gasteiger partial charge in [0.15, 0.2) is 0 Å². The maximum Gasteiger partial charge on any atom is 0.346 e. The van der Waals surface area contributed by atoms with Crippen LogP contribution in [0.4, 0.5) is 17.1 Å². The number of carbonyl (C=O) groups excluding carboxylic acids is 2. The van der Waals surface area contributed by atoms with E-state index >= 15 is 0 Å². The molecule has 0 saturated heterocycles. The summed E-state index contributed by atoms with van der Waals surface area (Å²) in [5, 5.41) is 22.6. The van der Waals surface area contributed by atoms with Crippen LogP contribution in [0, 0.1) is 20.2 Å². The molecule has 2 rings (SSSR count). The molecule has 0 aliphatic heterocycles. The van der Waals surface area contributed by atoms with E-state index in [1.165, 1.54) is 11.0 Å². The number of nitro benzene ring substituents is 2. The molecule has 0 aliphatic carbocycles. The van der Waals surface area contributed by atoms with E-state index in [9.17, 15) is 29.8 Å². The molecule has 0 bridgehead atoms. The van der Waals surface area contributed by atoms with Crippen molar-refractivity contribution in [3.63, 3.8) is 0 Å². The van der Waals surface area contributed by atoms with Gasteiger partial charge in [-0.05, 0) is 51.3 Å². The second-order valence-corrected chi connectivity index (χ2v) is 9.10. The minimum Gasteiger partial charge on any atom is -0.460 e. The molecule has 10 heteroatoms. The van der Waals surface area contributed by atoms with E-state index in [2.05, 4.69) is 6.92 Å². The zero-order valence-corrected chi connectivity index (χ0v) is 20.5. The van der Waals surface area contributed by atoms with Crippen molar-refractivity contribution in [3.8, 4) is 0 Å². The van der Waals surface area contributed by atoms with Crippen molar-refractivity contribution in [3.05, 3.63) is 73.8 Å². The van der Waals surface area contributed by atoms with Gasteiger partial charge in [-0.1, -0.05) is 38.0 Å². The molecule has 0 aliphatic rings. The maximum atomic E-state index is 13.6. The number of aryl methyl sites for hydroxylation is 1. The van der Waals surface area contributed by atoms with Crippen LogP contribution in [-0.4, -0.2) is 33.9 Å². The standard InChI is InChI=1S/C25H31N3O7/c1-5-6-7-10-18-11-8-9-12-20(18)26(16-15-23(29)35-25(2,3)4)24(30)19-13-14-21(27(31)32)22(17-19)28(33)34/h8-9,11-14,17H,5-7,10,15-16H2,1-4H3. The van der Waals surface area contributed by atoms with Gasteiger partial charge in [0.05, 0.1) is 16.3 Å². The van der Waals surface area contributed by atoms with Crippen LogP contribution in [0.25, 0.3) is 0 Å². The van der Waals surface area contributed by atoms with Gasteiger partial charge in [-0.2, -0.15) is 0 Å². The number of nitro groups is 2. The van der Waals surface area contributed by atoms with Gasteiger partial charge in [0.2, 0.25) is 0 Å². The van der Waals surface area contributed by atoms with Crippen LogP contribution in [0.3, 0.4) is 0 Å². The highest BCUT2D eigenvalue weighted by atomic mass is 16.6. The molecule has 0 spiro atoms. The summed E-state index contributed by atoms with van der Waals surface area (Å²) in [7, 11) is 0. The lowest BCUT2D eigenvalue weighted by atomic mass is 10.0. The molecule has 35 heavy (non-hydrogen) atoms. The fraction of sp³-hybridized carbons (Fsp3) is 0.440. The highest BCUT2D eigenvalue weighted by molar-refractivity contribution is 6.07. The van der Waals surface area contributed by atoms with Crippen molar-refractivity contribution >= 4 is 28.9 Å². The van der Waals surface area contributed by atoms with Crippen molar-refractivity contribution in [2.75, 3.05) is 11.4 Å². The number of hydrogen-bond acceptors (Lipinski definition) is 7. The van der Waals surface area contributed by atoms with Crippen LogP contribution < -0.4 is 4.90 Å². The zero-order chi connectivity index (χ0) is 26.2. The van der Waals surface area contributed by atoms with Gasteiger partial charge in [0, 0.05) is 29.9 Å². The Morgan fingerprint density at radius 3 is 2.23 bits per heavy atom. The fourth-order valence-corrected chi connectivity index (χ4v) is 3.59. The molecule has 0 radical (unpaired) electrons. The molecule has 0 N–H and O–H groups in total. The van der Waals surface area contributed by atoms with E-state index in [1.807, 2.05) is 12.1 Å². The first kappa shape index (κ1) is 27.4. The van der Waals surface area contributed by atoms with E-state index < -0.39 is 38.7 Å². The van der Waals surface area contributed by atoms with Crippen molar-refractivity contribution in [2.45, 2.75) is 65.4 Å². The Kier molecular flexibility index (Phi) is 9.44. The Balaban J connectivity index is 2.47. The molecule has 10 nitrogen and oxygen atoms in total. The molecule has 2 aromatic rings. The summed E-state index contributed by atoms with van der Waals surface area (Å²) in [5.41, 5.74) is -0.776. The zero-order valence-electron chi connectivity index (χ0n) is 20.5. The Morgan fingerprint density at radius 1 is 0.971 bits per heavy atom. The van der Waals surface area contributed by atoms with E-state index in [4.69, 9.17) is 4.74 Å². The first-order valence-corrected chi connectivity index (χ1v) is 11.5. The van der Waals surface area contributed by atoms with E-state index in [-0.39, 0.29) is 18.5 Å². The number of nitrogens with zero attached hydrogens (tertiary/aromatic N) is 3. The highest BCUT2D eigenvalue weighted by Crippen LogP contribution is 2.30. The molecular weight excluding hydrogens is 454 g/mol. The first-order valence-electron chi connectivity index (χ1n) is 11.5. The summed E-state index contributed by atoms with van der Waals surface area (Å²) in [5.74, 6) is -1.09. The monoisotopic (exact) mass is 485 g/mol. The quantitative estimate of drug-likeness (QED) is 0.175. The molecule has 1 amide bonds. The van der Waals surface area contributed by atoms with Crippen molar-refractivity contribution in [1.82, 2.24) is 0 Å². The smallest absolute Gasteiger partial charge is 0.346 e. The molecule has 0 heterocycles. The maximum absolute atomic E-state index is 13.6. The van der Waals surface area contributed by atoms with Gasteiger partial charge in [0.25, 0.3) is 5.91 Å². The predicted molar refractivity (Wildman–Crippen MR) is 132 cm³/mol. The van der Waals surface area contributed by atoms with Crippen molar-refractivity contribution in [2.24, 2.45) is 0 Å². The molecular formula is C25H31N3O7. The van der Waals surface area contributed by atoms with Gasteiger partial charge in [-0.15, -0.1) is 0 Å². The van der Waals surface area contributed by atoms with E-state index in [1.54, 1.807) is 32.9 Å². The number of rotatable bonds is 11. The average molecular weight is 486 g/mol. The number of anilines is 1. The van der Waals surface area contributed by atoms with Gasteiger partial charge >= 0.3 is 17.3 Å². The van der Waals surface area contributed by atoms with Gasteiger partial charge in [-0.25, -0.2) is 0 Å². The number of hydrogen-bond donors (Lipinski definition) is 0. The normalized spacial score (nSPS) is 11.1. The second-order valence-electron chi connectivity index (χ2n) is 9.10. The largest absolute Gasteiger partial charge is 0.460 e. The van der Waals surface area contributed by atoms with Crippen LogP contribution in [-0.2, 0) is 16.0 Å². The third kappa shape index (κ3) is 7.87. The molecule has 0 fully saturated rings. The van der Waals surface area contributed by atoms with Crippen LogP contribution >= 0.6 is 0 Å². The van der Waals surface area contributed by atoms with E-state index in [0.717, 1.165) is 37.0 Å². The summed E-state index contributed by atoms with van der Waals surface area (Å²) >= 11 is 0. The van der Waals surface area contributed by atoms with Crippen LogP contribution in [0.15, 0.2) is 42.5 Å². The number of unbranched alkanes of at least 4 members (excludes halogenated alkanes) is 2. The lowest BCUT2D eigenvalue weighted by Gasteiger charge is -2.26. The van der Waals surface area contributed by atoms with Gasteiger partial charge < -0.3 is 9.64 Å². The molecule has 188 valence electrons. The molecule has 0 atom stereocenters. The Bertz CT molecular complexity index is 1090. The minimum atomic E-state index is -0.890. The number of ether oxygens (including phenoxy) is 1. The Labute approximate surface area is 204 Å². The lowest BCUT2D eigenvalue weighted by molar-refractivity contribution is -0.422. The molecule has 2 aromatic carbocycles. The summed E-state index contributed by atoms with van der Waals surface area (Å²) < 4.78 is 5.37. The number of esters is 1. The lowest BCUT2D eigenvalue weighted by Crippen LogP contribution is -2.35. The second kappa shape index (κ2) is 12.0. The van der Waals surface area contributed by atoms with Gasteiger partial charge in [-0.3, -0.25) is 29.8 Å². The number of benzene rings is 2. The fourth-order valence-electron chi connectivity index (χ4n) is 3.59. The SMILES string of the molecule is CCCCCc1ccccc1N(CCC(=O)OC(C)(C)C)C(=O)c1ccc([N+](=O)[O-])c([N+](=O)[O-])c1. The third-order valence-electron chi connectivity index (χ3n) is 5.15. The van der Waals surface area contributed by atoms with Gasteiger partial charge in [0.1, 0.15) is 5.60 Å². The Morgan fingerprint density at radius 2 is 1.63 bits per heavy atom. The molecule has 0 aromatic heterocycles. The summed E-state index contributed by atoms with van der Waals surface area (Å²) in [6, 6.07) is 10.3. The number of amides is 1. The average Bonchev–Trinajstić information content (AvgIpc) is 2.78. The summed E-state index contributed by atoms with van der Waals surface area (Å²) in [6.45, 7) is 7.29.